The summed E-state index contributed by atoms with van der Waals surface area (Å²) in [5.74, 6) is 1.09. The Morgan fingerprint density at radius 1 is 1.19 bits per heavy atom. The predicted octanol–water partition coefficient (Wildman–Crippen LogP) is 5.10. The van der Waals surface area contributed by atoms with Gasteiger partial charge in [0, 0.05) is 24.9 Å². The number of furan rings is 1. The van der Waals surface area contributed by atoms with Crippen LogP contribution in [0.15, 0.2) is 62.8 Å². The molecule has 0 aliphatic carbocycles. The van der Waals surface area contributed by atoms with Crippen molar-refractivity contribution in [2.45, 2.75) is 13.8 Å². The normalized spacial score (nSPS) is 16.5. The lowest BCUT2D eigenvalue weighted by Gasteiger charge is -2.06. The van der Waals surface area contributed by atoms with Crippen molar-refractivity contribution < 1.29 is 14.1 Å². The highest BCUT2D eigenvalue weighted by Crippen LogP contribution is 2.35. The van der Waals surface area contributed by atoms with Gasteiger partial charge < -0.3 is 4.42 Å². The quantitative estimate of drug-likeness (QED) is 0.322. The number of nitro groups is 1. The van der Waals surface area contributed by atoms with Crippen molar-refractivity contribution in [2.24, 2.45) is 4.99 Å². The number of rotatable bonds is 4. The number of likely N-dealkylation sites (N-methyl/N-ethyl adjacent to an activating group) is 1. The first kappa shape index (κ1) is 20.5. The maximum atomic E-state index is 12.6. The smallest absolute Gasteiger partial charge is 0.280 e. The molecular formula is C22H18N4O4S. The Kier molecular flexibility index (Phi) is 5.43. The lowest BCUT2D eigenvalue weighted by molar-refractivity contribution is -0.384. The molecule has 3 heterocycles. The Bertz CT molecular complexity index is 1260. The van der Waals surface area contributed by atoms with E-state index in [1.165, 1.54) is 22.7 Å². The summed E-state index contributed by atoms with van der Waals surface area (Å²) in [6.45, 7) is 3.66. The van der Waals surface area contributed by atoms with Crippen LogP contribution in [-0.4, -0.2) is 32.9 Å². The number of carbonyl (C=O) groups excluding carboxylic acids is 1. The summed E-state index contributed by atoms with van der Waals surface area (Å²) in [4.78, 5) is 34.3. The third-order valence-electron chi connectivity index (χ3n) is 4.60. The van der Waals surface area contributed by atoms with Gasteiger partial charge in [-0.2, -0.15) is 0 Å². The molecule has 1 fully saturated rings. The van der Waals surface area contributed by atoms with Crippen LogP contribution in [0.3, 0.4) is 0 Å². The number of nitro benzene ring substituents is 1. The molecule has 1 amide bonds. The maximum Gasteiger partial charge on any atom is 0.280 e. The highest BCUT2D eigenvalue weighted by Gasteiger charge is 2.31. The van der Waals surface area contributed by atoms with E-state index in [9.17, 15) is 14.9 Å². The maximum absolute atomic E-state index is 12.6. The van der Waals surface area contributed by atoms with Crippen LogP contribution in [0.25, 0.3) is 17.4 Å². The fourth-order valence-corrected chi connectivity index (χ4v) is 4.00. The molecule has 0 radical (unpaired) electrons. The molecule has 3 aromatic rings. The summed E-state index contributed by atoms with van der Waals surface area (Å²) >= 11 is 1.22. The topological polar surface area (TPSA) is 102 Å². The van der Waals surface area contributed by atoms with E-state index in [4.69, 9.17) is 4.42 Å². The van der Waals surface area contributed by atoms with E-state index in [1.807, 2.05) is 19.1 Å². The van der Waals surface area contributed by atoms with Gasteiger partial charge in [-0.3, -0.25) is 19.8 Å². The molecule has 1 aliphatic rings. The van der Waals surface area contributed by atoms with Gasteiger partial charge in [0.2, 0.25) is 0 Å². The Labute approximate surface area is 182 Å². The van der Waals surface area contributed by atoms with Crippen molar-refractivity contribution >= 4 is 40.4 Å². The first-order valence-electron chi connectivity index (χ1n) is 9.37. The highest BCUT2D eigenvalue weighted by molar-refractivity contribution is 8.18. The van der Waals surface area contributed by atoms with Gasteiger partial charge >= 0.3 is 0 Å². The number of hydrogen-bond acceptors (Lipinski definition) is 7. The zero-order valence-electron chi connectivity index (χ0n) is 17.0. The molecule has 0 spiro atoms. The van der Waals surface area contributed by atoms with Crippen LogP contribution in [0.2, 0.25) is 0 Å². The SMILES string of the molecule is Cc1ccc(-c2ccc(/C=C3/S/C(=N/c4cccc(C)n4)N(C)C3=O)o2)c([N+](=O)[O-])c1. The van der Waals surface area contributed by atoms with Crippen LogP contribution in [0.5, 0.6) is 0 Å². The second-order valence-corrected chi connectivity index (χ2v) is 8.00. The van der Waals surface area contributed by atoms with E-state index in [0.717, 1.165) is 11.3 Å². The number of amidine groups is 1. The number of nitrogens with zero attached hydrogens (tertiary/aromatic N) is 4. The first-order chi connectivity index (χ1) is 14.8. The highest BCUT2D eigenvalue weighted by atomic mass is 32.2. The number of aromatic nitrogens is 1. The van der Waals surface area contributed by atoms with E-state index < -0.39 is 4.92 Å². The minimum Gasteiger partial charge on any atom is -0.456 e. The van der Waals surface area contributed by atoms with Crippen molar-refractivity contribution in [1.29, 1.82) is 0 Å². The minimum atomic E-state index is -0.434. The summed E-state index contributed by atoms with van der Waals surface area (Å²) in [5, 5.41) is 11.9. The standard InChI is InChI=1S/C22H18N4O4S/c1-13-7-9-16(17(11-13)26(28)29)18-10-8-15(30-18)12-19-21(27)25(3)22(31-19)24-20-6-4-5-14(2)23-20/h4-12H,1-3H3/b19-12+,24-22+. The van der Waals surface area contributed by atoms with Crippen molar-refractivity contribution in [3.05, 3.63) is 80.6 Å². The number of amides is 1. The molecule has 0 saturated carbocycles. The number of hydrogen-bond donors (Lipinski definition) is 0. The third kappa shape index (κ3) is 4.26. The molecule has 31 heavy (non-hydrogen) atoms. The van der Waals surface area contributed by atoms with E-state index in [-0.39, 0.29) is 11.6 Å². The summed E-state index contributed by atoms with van der Waals surface area (Å²) in [6, 6.07) is 13.8. The monoisotopic (exact) mass is 434 g/mol. The molecule has 8 nitrogen and oxygen atoms in total. The van der Waals surface area contributed by atoms with Gasteiger partial charge in [0.05, 0.1) is 15.4 Å². The Morgan fingerprint density at radius 3 is 2.74 bits per heavy atom. The Hall–Kier alpha value is -3.72. The van der Waals surface area contributed by atoms with Gasteiger partial charge in [-0.05, 0) is 61.5 Å². The Morgan fingerprint density at radius 2 is 2.00 bits per heavy atom. The van der Waals surface area contributed by atoms with Crippen LogP contribution in [0.4, 0.5) is 11.5 Å². The number of benzene rings is 1. The van der Waals surface area contributed by atoms with E-state index in [2.05, 4.69) is 9.98 Å². The van der Waals surface area contributed by atoms with Gasteiger partial charge in [-0.1, -0.05) is 12.1 Å². The predicted molar refractivity (Wildman–Crippen MR) is 120 cm³/mol. The zero-order chi connectivity index (χ0) is 22.1. The second kappa shape index (κ2) is 8.19. The summed E-state index contributed by atoms with van der Waals surface area (Å²) in [7, 11) is 1.65. The Balaban J connectivity index is 1.63. The number of thioether (sulfide) groups is 1. The average Bonchev–Trinajstić information content (AvgIpc) is 3.29. The number of aryl methyl sites for hydroxylation is 2. The summed E-state index contributed by atoms with van der Waals surface area (Å²) in [6.07, 6.45) is 1.61. The largest absolute Gasteiger partial charge is 0.456 e. The van der Waals surface area contributed by atoms with Crippen molar-refractivity contribution in [3.8, 4) is 11.3 Å². The van der Waals surface area contributed by atoms with Crippen molar-refractivity contribution in [1.82, 2.24) is 9.88 Å². The molecule has 0 N–H and O–H groups in total. The molecule has 0 bridgehead atoms. The van der Waals surface area contributed by atoms with Gasteiger partial charge in [0.1, 0.15) is 11.5 Å². The molecule has 0 atom stereocenters. The molecule has 1 saturated heterocycles. The fourth-order valence-electron chi connectivity index (χ4n) is 3.05. The number of pyridine rings is 1. The van der Waals surface area contributed by atoms with E-state index >= 15 is 0 Å². The minimum absolute atomic E-state index is 0.0281. The molecular weight excluding hydrogens is 416 g/mol. The first-order valence-corrected chi connectivity index (χ1v) is 10.2. The van der Waals surface area contributed by atoms with Crippen molar-refractivity contribution in [3.63, 3.8) is 0 Å². The van der Waals surface area contributed by atoms with Crippen LogP contribution in [0, 0.1) is 24.0 Å². The molecule has 1 aromatic carbocycles. The zero-order valence-corrected chi connectivity index (χ0v) is 17.8. The molecule has 9 heteroatoms. The van der Waals surface area contributed by atoms with E-state index in [1.54, 1.807) is 50.4 Å². The molecule has 4 rings (SSSR count). The third-order valence-corrected chi connectivity index (χ3v) is 5.66. The van der Waals surface area contributed by atoms with Gasteiger partial charge in [-0.25, -0.2) is 9.98 Å². The second-order valence-electron chi connectivity index (χ2n) is 6.99. The number of aliphatic imine (C=N–C) groups is 1. The molecule has 2 aromatic heterocycles. The fraction of sp³-hybridized carbons (Fsp3) is 0.136. The van der Waals surface area contributed by atoms with Crippen LogP contribution >= 0.6 is 11.8 Å². The van der Waals surface area contributed by atoms with Crippen molar-refractivity contribution in [2.75, 3.05) is 7.05 Å². The molecule has 0 unspecified atom stereocenters. The van der Waals surface area contributed by atoms with Crippen LogP contribution in [-0.2, 0) is 4.79 Å². The summed E-state index contributed by atoms with van der Waals surface area (Å²) in [5.41, 5.74) is 1.98. The van der Waals surface area contributed by atoms with Gasteiger partial charge in [-0.15, -0.1) is 0 Å². The van der Waals surface area contributed by atoms with Gasteiger partial charge in [0.25, 0.3) is 11.6 Å². The van der Waals surface area contributed by atoms with Crippen LogP contribution in [0.1, 0.15) is 17.0 Å². The average molecular weight is 434 g/mol. The number of carbonyl (C=O) groups is 1. The summed E-state index contributed by atoms with van der Waals surface area (Å²) < 4.78 is 5.80. The van der Waals surface area contributed by atoms with Crippen LogP contribution < -0.4 is 0 Å². The lowest BCUT2D eigenvalue weighted by Crippen LogP contribution is -2.23. The van der Waals surface area contributed by atoms with Gasteiger partial charge in [0.15, 0.2) is 11.0 Å². The molecule has 1 aliphatic heterocycles. The molecule has 156 valence electrons. The van der Waals surface area contributed by atoms with E-state index in [0.29, 0.717) is 33.0 Å². The lowest BCUT2D eigenvalue weighted by atomic mass is 10.1.